The van der Waals surface area contributed by atoms with Crippen LogP contribution in [0.3, 0.4) is 0 Å². The molecule has 0 radical (unpaired) electrons. The summed E-state index contributed by atoms with van der Waals surface area (Å²) in [4.78, 5) is 0. The highest BCUT2D eigenvalue weighted by Gasteiger charge is 2.11. The maximum Gasteiger partial charge on any atom is 0.203 e. The van der Waals surface area contributed by atoms with E-state index in [1.807, 2.05) is 30.4 Å². The molecule has 0 heterocycles. The van der Waals surface area contributed by atoms with Crippen LogP contribution in [0.1, 0.15) is 11.1 Å². The van der Waals surface area contributed by atoms with Gasteiger partial charge in [0.1, 0.15) is 5.75 Å². The van der Waals surface area contributed by atoms with E-state index in [9.17, 15) is 5.11 Å². The van der Waals surface area contributed by atoms with Gasteiger partial charge in [-0.1, -0.05) is 24.3 Å². The number of phenols is 1. The van der Waals surface area contributed by atoms with Gasteiger partial charge in [-0.3, -0.25) is 0 Å². The van der Waals surface area contributed by atoms with E-state index in [-0.39, 0.29) is 5.75 Å². The topological polar surface area (TPSA) is 47.9 Å². The third-order valence-corrected chi connectivity index (χ3v) is 3.03. The lowest BCUT2D eigenvalue weighted by Crippen LogP contribution is -1.95. The smallest absolute Gasteiger partial charge is 0.203 e. The second-order valence-corrected chi connectivity index (χ2v) is 4.39. The minimum atomic E-state index is 0.238. The molecule has 2 aromatic rings. The molecule has 110 valence electrons. The van der Waals surface area contributed by atoms with Gasteiger partial charge < -0.3 is 19.3 Å². The zero-order valence-corrected chi connectivity index (χ0v) is 12.3. The van der Waals surface area contributed by atoms with E-state index in [4.69, 9.17) is 14.2 Å². The van der Waals surface area contributed by atoms with Crippen LogP contribution in [0, 0.1) is 0 Å². The van der Waals surface area contributed by atoms with Gasteiger partial charge >= 0.3 is 0 Å². The van der Waals surface area contributed by atoms with Crippen molar-refractivity contribution in [2.45, 2.75) is 0 Å². The second-order valence-electron chi connectivity index (χ2n) is 4.39. The van der Waals surface area contributed by atoms with Crippen LogP contribution in [0.15, 0.2) is 36.4 Å². The molecule has 0 spiro atoms. The van der Waals surface area contributed by atoms with Crippen LogP contribution in [0.2, 0.25) is 0 Å². The maximum absolute atomic E-state index is 9.45. The standard InChI is InChI=1S/C17H18O4/c1-19-15-10-13(11-16(20-2)17(15)21-3)8-7-12-5-4-6-14(18)9-12/h4-11,18H,1-3H3/b8-7+. The fraction of sp³-hybridized carbons (Fsp3) is 0.176. The molecule has 0 amide bonds. The Morgan fingerprint density at radius 1 is 0.810 bits per heavy atom. The van der Waals surface area contributed by atoms with Crippen molar-refractivity contribution in [2.75, 3.05) is 21.3 Å². The fourth-order valence-corrected chi connectivity index (χ4v) is 2.02. The summed E-state index contributed by atoms with van der Waals surface area (Å²) in [5, 5.41) is 9.45. The zero-order valence-electron chi connectivity index (χ0n) is 12.3. The molecule has 1 N–H and O–H groups in total. The number of benzene rings is 2. The number of phenolic OH excluding ortho intramolecular Hbond substituents is 1. The monoisotopic (exact) mass is 286 g/mol. The Balaban J connectivity index is 2.36. The van der Waals surface area contributed by atoms with Gasteiger partial charge in [-0.25, -0.2) is 0 Å². The predicted molar refractivity (Wildman–Crippen MR) is 83.1 cm³/mol. The highest BCUT2D eigenvalue weighted by atomic mass is 16.5. The summed E-state index contributed by atoms with van der Waals surface area (Å²) in [6.45, 7) is 0. The van der Waals surface area contributed by atoms with Gasteiger partial charge in [0.25, 0.3) is 0 Å². The zero-order chi connectivity index (χ0) is 15.2. The van der Waals surface area contributed by atoms with Crippen LogP contribution in [0.4, 0.5) is 0 Å². The molecule has 4 heteroatoms. The lowest BCUT2D eigenvalue weighted by molar-refractivity contribution is 0.324. The Kier molecular flexibility index (Phi) is 4.72. The minimum Gasteiger partial charge on any atom is -0.508 e. The Morgan fingerprint density at radius 3 is 1.95 bits per heavy atom. The molecule has 0 unspecified atom stereocenters. The first-order chi connectivity index (χ1) is 10.2. The van der Waals surface area contributed by atoms with Crippen LogP contribution < -0.4 is 14.2 Å². The molecule has 2 rings (SSSR count). The Morgan fingerprint density at radius 2 is 1.43 bits per heavy atom. The predicted octanol–water partition coefficient (Wildman–Crippen LogP) is 3.59. The summed E-state index contributed by atoms with van der Waals surface area (Å²) in [6.07, 6.45) is 3.82. The number of rotatable bonds is 5. The molecular weight excluding hydrogens is 268 g/mol. The van der Waals surface area contributed by atoms with Crippen molar-refractivity contribution in [3.63, 3.8) is 0 Å². The molecular formula is C17H18O4. The number of ether oxygens (including phenoxy) is 3. The van der Waals surface area contributed by atoms with Crippen molar-refractivity contribution in [3.05, 3.63) is 47.5 Å². The van der Waals surface area contributed by atoms with Gasteiger partial charge in [-0.15, -0.1) is 0 Å². The molecule has 0 aliphatic rings. The van der Waals surface area contributed by atoms with Gasteiger partial charge in [0.15, 0.2) is 11.5 Å². The molecule has 0 bridgehead atoms. The average molecular weight is 286 g/mol. The van der Waals surface area contributed by atoms with Crippen LogP contribution in [-0.4, -0.2) is 26.4 Å². The van der Waals surface area contributed by atoms with Crippen molar-refractivity contribution >= 4 is 12.2 Å². The van der Waals surface area contributed by atoms with E-state index in [2.05, 4.69) is 0 Å². The summed E-state index contributed by atoms with van der Waals surface area (Å²) in [7, 11) is 4.74. The molecule has 4 nitrogen and oxygen atoms in total. The van der Waals surface area contributed by atoms with Crippen molar-refractivity contribution in [3.8, 4) is 23.0 Å². The quantitative estimate of drug-likeness (QED) is 0.853. The largest absolute Gasteiger partial charge is 0.508 e. The molecule has 0 aliphatic carbocycles. The molecule has 21 heavy (non-hydrogen) atoms. The minimum absolute atomic E-state index is 0.238. The molecule has 0 saturated carbocycles. The average Bonchev–Trinajstić information content (AvgIpc) is 2.51. The highest BCUT2D eigenvalue weighted by molar-refractivity contribution is 5.73. The number of hydrogen-bond acceptors (Lipinski definition) is 4. The first kappa shape index (κ1) is 14.8. The fourth-order valence-electron chi connectivity index (χ4n) is 2.02. The number of hydrogen-bond donors (Lipinski definition) is 1. The molecule has 0 aliphatic heterocycles. The maximum atomic E-state index is 9.45. The first-order valence-corrected chi connectivity index (χ1v) is 6.45. The molecule has 2 aromatic carbocycles. The van der Waals surface area contributed by atoms with Crippen molar-refractivity contribution in [2.24, 2.45) is 0 Å². The van der Waals surface area contributed by atoms with Crippen molar-refractivity contribution < 1.29 is 19.3 Å². The van der Waals surface area contributed by atoms with Crippen LogP contribution in [-0.2, 0) is 0 Å². The van der Waals surface area contributed by atoms with Crippen molar-refractivity contribution in [1.82, 2.24) is 0 Å². The Hall–Kier alpha value is -2.62. The van der Waals surface area contributed by atoms with Crippen molar-refractivity contribution in [1.29, 1.82) is 0 Å². The molecule has 0 saturated heterocycles. The van der Waals surface area contributed by atoms with Gasteiger partial charge in [0.2, 0.25) is 5.75 Å². The lowest BCUT2D eigenvalue weighted by atomic mass is 10.1. The Labute approximate surface area is 124 Å². The highest BCUT2D eigenvalue weighted by Crippen LogP contribution is 2.38. The van der Waals surface area contributed by atoms with Gasteiger partial charge in [-0.05, 0) is 35.4 Å². The SMILES string of the molecule is COc1cc(/C=C/c2cccc(O)c2)cc(OC)c1OC. The summed E-state index contributed by atoms with van der Waals surface area (Å²) in [5.41, 5.74) is 1.82. The third-order valence-electron chi connectivity index (χ3n) is 3.03. The molecule has 0 aromatic heterocycles. The Bertz CT molecular complexity index is 622. The summed E-state index contributed by atoms with van der Waals surface area (Å²) in [6, 6.07) is 10.8. The van der Waals surface area contributed by atoms with E-state index in [0.717, 1.165) is 11.1 Å². The summed E-state index contributed by atoms with van der Waals surface area (Å²) >= 11 is 0. The second kappa shape index (κ2) is 6.70. The van der Waals surface area contributed by atoms with Crippen LogP contribution in [0.5, 0.6) is 23.0 Å². The first-order valence-electron chi connectivity index (χ1n) is 6.45. The summed E-state index contributed by atoms with van der Waals surface area (Å²) in [5.74, 6) is 2.01. The van der Waals surface area contributed by atoms with Crippen LogP contribution >= 0.6 is 0 Å². The van der Waals surface area contributed by atoms with Gasteiger partial charge in [0, 0.05) is 0 Å². The molecule has 0 fully saturated rings. The normalized spacial score (nSPS) is 10.6. The van der Waals surface area contributed by atoms with Gasteiger partial charge in [-0.2, -0.15) is 0 Å². The van der Waals surface area contributed by atoms with E-state index in [0.29, 0.717) is 17.2 Å². The third kappa shape index (κ3) is 3.48. The number of methoxy groups -OCH3 is 3. The van der Waals surface area contributed by atoms with Crippen LogP contribution in [0.25, 0.3) is 12.2 Å². The lowest BCUT2D eigenvalue weighted by Gasteiger charge is -2.12. The van der Waals surface area contributed by atoms with E-state index in [1.54, 1.807) is 39.5 Å². The summed E-state index contributed by atoms with van der Waals surface area (Å²) < 4.78 is 15.9. The van der Waals surface area contributed by atoms with E-state index in [1.165, 1.54) is 0 Å². The van der Waals surface area contributed by atoms with E-state index < -0.39 is 0 Å². The van der Waals surface area contributed by atoms with E-state index >= 15 is 0 Å². The molecule has 0 atom stereocenters. The van der Waals surface area contributed by atoms with Gasteiger partial charge in [0.05, 0.1) is 21.3 Å². The number of aromatic hydroxyl groups is 1.